The smallest absolute Gasteiger partial charge is 0.417 e. The lowest BCUT2D eigenvalue weighted by atomic mass is 9.58. The highest BCUT2D eigenvalue weighted by atomic mass is 32.1. The number of rotatable bonds is 6. The first-order valence-corrected chi connectivity index (χ1v) is 14.0. The molecule has 7 rings (SSSR count). The highest BCUT2D eigenvalue weighted by molar-refractivity contribution is 7.21. The van der Waals surface area contributed by atoms with Crippen molar-refractivity contribution < 1.29 is 27.6 Å². The SMILES string of the molecule is Cc1cc(C(=O)O)nc2sc(N3CC4(CC(/C=C/c5c(-c6ccccc6C(F)(F)F)noc5C5CC5)C4)C3)nc12. The van der Waals surface area contributed by atoms with Crippen molar-refractivity contribution in [3.63, 3.8) is 0 Å². The van der Waals surface area contributed by atoms with Gasteiger partial charge >= 0.3 is 12.1 Å². The Labute approximate surface area is 231 Å². The summed E-state index contributed by atoms with van der Waals surface area (Å²) in [5, 5.41) is 14.3. The van der Waals surface area contributed by atoms with Gasteiger partial charge in [0.2, 0.25) is 0 Å². The molecule has 4 heterocycles. The van der Waals surface area contributed by atoms with E-state index in [1.54, 1.807) is 12.1 Å². The van der Waals surface area contributed by atoms with E-state index in [0.717, 1.165) is 61.1 Å². The molecular weight excluding hydrogens is 541 g/mol. The molecule has 7 nitrogen and oxygen atoms in total. The summed E-state index contributed by atoms with van der Waals surface area (Å²) in [7, 11) is 0. The normalized spacial score (nSPS) is 18.9. The number of halogens is 3. The lowest BCUT2D eigenvalue weighted by Crippen LogP contribution is -2.62. The Morgan fingerprint density at radius 3 is 2.65 bits per heavy atom. The van der Waals surface area contributed by atoms with Crippen LogP contribution in [0.5, 0.6) is 0 Å². The summed E-state index contributed by atoms with van der Waals surface area (Å²) in [5.74, 6) is 0.166. The largest absolute Gasteiger partial charge is 0.477 e. The zero-order valence-electron chi connectivity index (χ0n) is 21.5. The van der Waals surface area contributed by atoms with E-state index in [2.05, 4.69) is 21.1 Å². The molecule has 1 spiro atoms. The fourth-order valence-electron chi connectivity index (χ4n) is 6.11. The fraction of sp³-hybridized carbons (Fsp3) is 0.379. The molecule has 3 aromatic heterocycles. The van der Waals surface area contributed by atoms with Crippen molar-refractivity contribution in [1.29, 1.82) is 0 Å². The second kappa shape index (κ2) is 8.89. The lowest BCUT2D eigenvalue weighted by Gasteiger charge is -2.58. The molecule has 0 unspecified atom stereocenters. The predicted molar refractivity (Wildman–Crippen MR) is 144 cm³/mol. The Balaban J connectivity index is 1.06. The highest BCUT2D eigenvalue weighted by Crippen LogP contribution is 2.54. The number of thiazole rings is 1. The molecule has 0 atom stereocenters. The van der Waals surface area contributed by atoms with Crippen molar-refractivity contribution in [2.45, 2.75) is 44.7 Å². The third-order valence-electron chi connectivity index (χ3n) is 8.21. The van der Waals surface area contributed by atoms with Crippen LogP contribution in [0.1, 0.15) is 64.5 Å². The summed E-state index contributed by atoms with van der Waals surface area (Å²) in [6.07, 6.45) is 3.43. The van der Waals surface area contributed by atoms with Gasteiger partial charge in [0.05, 0.1) is 5.56 Å². The number of alkyl halides is 3. The number of hydrogen-bond acceptors (Lipinski definition) is 7. The lowest BCUT2D eigenvalue weighted by molar-refractivity contribution is -0.137. The van der Waals surface area contributed by atoms with Crippen LogP contribution >= 0.6 is 11.3 Å². The van der Waals surface area contributed by atoms with Crippen LogP contribution in [0, 0.1) is 18.3 Å². The summed E-state index contributed by atoms with van der Waals surface area (Å²) >= 11 is 1.41. The number of fused-ring (bicyclic) bond motifs is 1. The van der Waals surface area contributed by atoms with E-state index in [-0.39, 0.29) is 28.3 Å². The fourth-order valence-corrected chi connectivity index (χ4v) is 7.13. The van der Waals surface area contributed by atoms with Crippen LogP contribution in [0.15, 0.2) is 40.9 Å². The highest BCUT2D eigenvalue weighted by Gasteiger charge is 2.52. The Bertz CT molecular complexity index is 1670. The molecule has 0 amide bonds. The average molecular weight is 567 g/mol. The summed E-state index contributed by atoms with van der Waals surface area (Å²) < 4.78 is 46.8. The maximum atomic E-state index is 13.7. The number of carboxylic acids is 1. The van der Waals surface area contributed by atoms with Crippen LogP contribution < -0.4 is 4.90 Å². The van der Waals surface area contributed by atoms with E-state index in [1.807, 2.05) is 13.0 Å². The minimum absolute atomic E-state index is 0.0246. The Kier molecular flexibility index (Phi) is 5.61. The van der Waals surface area contributed by atoms with Gasteiger partial charge in [-0.1, -0.05) is 46.8 Å². The molecule has 40 heavy (non-hydrogen) atoms. The van der Waals surface area contributed by atoms with Crippen LogP contribution in [-0.4, -0.2) is 39.3 Å². The van der Waals surface area contributed by atoms with E-state index < -0.39 is 17.7 Å². The molecule has 1 saturated heterocycles. The number of aromatic carboxylic acids is 1. The van der Waals surface area contributed by atoms with Crippen molar-refractivity contribution in [2.75, 3.05) is 18.0 Å². The molecule has 206 valence electrons. The molecule has 11 heteroatoms. The topological polar surface area (TPSA) is 92.3 Å². The van der Waals surface area contributed by atoms with Gasteiger partial charge in [-0.25, -0.2) is 14.8 Å². The summed E-state index contributed by atoms with van der Waals surface area (Å²) in [6.45, 7) is 3.58. The van der Waals surface area contributed by atoms with Gasteiger partial charge in [-0.05, 0) is 56.2 Å². The third kappa shape index (κ3) is 4.27. The Morgan fingerprint density at radius 1 is 1.20 bits per heavy atom. The van der Waals surface area contributed by atoms with Gasteiger partial charge in [-0.3, -0.25) is 0 Å². The molecule has 1 aromatic carbocycles. The first-order chi connectivity index (χ1) is 19.1. The number of nitrogens with zero attached hydrogens (tertiary/aromatic N) is 4. The standard InChI is InChI=1S/C29H25F3N4O3S/c1-15-10-21(26(37)38)33-25-22(15)34-27(40-25)36-13-28(14-36)11-16(12-28)6-9-19-23(35-39-24(19)17-7-8-17)18-4-2-3-5-20(18)29(30,31)32/h2-6,9-10,16-17H,7-8,11-14H2,1H3,(H,37,38)/b9-6+. The van der Waals surface area contributed by atoms with E-state index >= 15 is 0 Å². The number of carbonyl (C=O) groups is 1. The average Bonchev–Trinajstić information content (AvgIpc) is 3.47. The van der Waals surface area contributed by atoms with Crippen LogP contribution in [0.4, 0.5) is 18.3 Å². The van der Waals surface area contributed by atoms with Gasteiger partial charge in [0.15, 0.2) is 5.13 Å². The van der Waals surface area contributed by atoms with Gasteiger partial charge in [0, 0.05) is 35.5 Å². The minimum atomic E-state index is -4.48. The maximum absolute atomic E-state index is 13.7. The van der Waals surface area contributed by atoms with Crippen molar-refractivity contribution >= 4 is 38.9 Å². The van der Waals surface area contributed by atoms with Crippen LogP contribution in [-0.2, 0) is 6.18 Å². The number of aryl methyl sites for hydroxylation is 1. The maximum Gasteiger partial charge on any atom is 0.417 e. The van der Waals surface area contributed by atoms with Crippen molar-refractivity contribution in [1.82, 2.24) is 15.1 Å². The molecule has 0 radical (unpaired) electrons. The first-order valence-electron chi connectivity index (χ1n) is 13.2. The van der Waals surface area contributed by atoms with Crippen LogP contribution in [0.25, 0.3) is 27.7 Å². The van der Waals surface area contributed by atoms with E-state index in [1.165, 1.54) is 23.5 Å². The zero-order valence-corrected chi connectivity index (χ0v) is 22.3. The van der Waals surface area contributed by atoms with Crippen LogP contribution in [0.3, 0.4) is 0 Å². The van der Waals surface area contributed by atoms with Crippen LogP contribution in [0.2, 0.25) is 0 Å². The van der Waals surface area contributed by atoms with E-state index in [9.17, 15) is 23.1 Å². The molecule has 1 N–H and O–H groups in total. The third-order valence-corrected chi connectivity index (χ3v) is 9.22. The summed E-state index contributed by atoms with van der Waals surface area (Å²) in [5.41, 5.74) is 2.00. The zero-order chi connectivity index (χ0) is 27.8. The van der Waals surface area contributed by atoms with Crippen molar-refractivity contribution in [3.05, 3.63) is 64.6 Å². The van der Waals surface area contributed by atoms with Gasteiger partial charge in [-0.15, -0.1) is 0 Å². The number of aromatic nitrogens is 3. The molecule has 2 aliphatic carbocycles. The van der Waals surface area contributed by atoms with Crippen molar-refractivity contribution in [3.8, 4) is 11.3 Å². The molecule has 0 bridgehead atoms. The molecule has 2 saturated carbocycles. The molecule has 3 fully saturated rings. The second-order valence-corrected chi connectivity index (χ2v) is 12.2. The van der Waals surface area contributed by atoms with E-state index in [4.69, 9.17) is 9.51 Å². The second-order valence-electron chi connectivity index (χ2n) is 11.3. The molecule has 4 aromatic rings. The number of allylic oxidation sites excluding steroid dienone is 1. The van der Waals surface area contributed by atoms with E-state index in [0.29, 0.717) is 22.1 Å². The summed E-state index contributed by atoms with van der Waals surface area (Å²) in [6, 6.07) is 7.07. The summed E-state index contributed by atoms with van der Waals surface area (Å²) in [4.78, 5) is 23.2. The minimum Gasteiger partial charge on any atom is -0.477 e. The Hall–Kier alpha value is -3.73. The first kappa shape index (κ1) is 25.3. The van der Waals surface area contributed by atoms with Gasteiger partial charge < -0.3 is 14.5 Å². The monoisotopic (exact) mass is 566 g/mol. The number of benzene rings is 1. The van der Waals surface area contributed by atoms with Crippen molar-refractivity contribution in [2.24, 2.45) is 11.3 Å². The molecular formula is C29H25F3N4O3S. The van der Waals surface area contributed by atoms with Gasteiger partial charge in [-0.2, -0.15) is 13.2 Å². The molecule has 3 aliphatic rings. The number of carboxylic acid groups (broad SMARTS) is 1. The number of pyridine rings is 1. The van der Waals surface area contributed by atoms with Gasteiger partial charge in [0.25, 0.3) is 0 Å². The Morgan fingerprint density at radius 2 is 1.95 bits per heavy atom. The number of hydrogen-bond donors (Lipinski definition) is 1. The quantitative estimate of drug-likeness (QED) is 0.264. The molecule has 1 aliphatic heterocycles. The van der Waals surface area contributed by atoms with Gasteiger partial charge in [0.1, 0.15) is 27.5 Å². The number of anilines is 1. The predicted octanol–water partition coefficient (Wildman–Crippen LogP) is 7.18.